The summed E-state index contributed by atoms with van der Waals surface area (Å²) in [5.74, 6) is 0.439. The highest BCUT2D eigenvalue weighted by atomic mass is 16.6. The Morgan fingerprint density at radius 2 is 1.93 bits per heavy atom. The highest BCUT2D eigenvalue weighted by Gasteiger charge is 2.40. The molecule has 82 valence electrons. The third kappa shape index (κ3) is 2.49. The summed E-state index contributed by atoms with van der Waals surface area (Å²) >= 11 is 0. The Kier molecular flexibility index (Phi) is 3.97. The maximum absolute atomic E-state index is 11.5. The van der Waals surface area contributed by atoms with Crippen LogP contribution < -0.4 is 0 Å². The zero-order valence-corrected chi connectivity index (χ0v) is 9.64. The molecular weight excluding hydrogens is 176 g/mol. The van der Waals surface area contributed by atoms with Crippen LogP contribution in [-0.4, -0.2) is 11.6 Å². The highest BCUT2D eigenvalue weighted by molar-refractivity contribution is 5.69. The van der Waals surface area contributed by atoms with Crippen LogP contribution in [0.1, 0.15) is 59.3 Å². The monoisotopic (exact) mass is 198 g/mol. The Bertz CT molecular complexity index is 190. The molecule has 1 saturated carbocycles. The summed E-state index contributed by atoms with van der Waals surface area (Å²) in [4.78, 5) is 11.5. The molecule has 0 aromatic heterocycles. The van der Waals surface area contributed by atoms with Crippen molar-refractivity contribution in [3.63, 3.8) is 0 Å². The van der Waals surface area contributed by atoms with E-state index < -0.39 is 0 Å². The van der Waals surface area contributed by atoms with Gasteiger partial charge in [0.15, 0.2) is 0 Å². The lowest BCUT2D eigenvalue weighted by Crippen LogP contribution is -2.37. The van der Waals surface area contributed by atoms with E-state index >= 15 is 0 Å². The maximum atomic E-state index is 11.5. The number of rotatable bonds is 4. The summed E-state index contributed by atoms with van der Waals surface area (Å²) in [5.41, 5.74) is -0.133. The molecule has 14 heavy (non-hydrogen) atoms. The van der Waals surface area contributed by atoms with E-state index in [-0.39, 0.29) is 11.6 Å². The minimum Gasteiger partial charge on any atom is -0.459 e. The van der Waals surface area contributed by atoms with E-state index in [0.717, 1.165) is 19.3 Å². The lowest BCUT2D eigenvalue weighted by molar-refractivity contribution is -0.164. The molecular formula is C12H22O2. The number of carbonyl (C=O) groups excluding carboxylic acids is 1. The van der Waals surface area contributed by atoms with Crippen molar-refractivity contribution in [3.8, 4) is 0 Å². The summed E-state index contributed by atoms with van der Waals surface area (Å²) in [6, 6.07) is 0. The third-order valence-corrected chi connectivity index (χ3v) is 3.27. The van der Waals surface area contributed by atoms with Crippen LogP contribution in [0.4, 0.5) is 0 Å². The van der Waals surface area contributed by atoms with Gasteiger partial charge in [-0.2, -0.15) is 0 Å². The largest absolute Gasteiger partial charge is 0.459 e. The summed E-state index contributed by atoms with van der Waals surface area (Å²) in [6.07, 6.45) is 5.97. The summed E-state index contributed by atoms with van der Waals surface area (Å²) in [7, 11) is 0. The molecule has 0 heterocycles. The van der Waals surface area contributed by atoms with Crippen LogP contribution in [0.15, 0.2) is 0 Å². The Morgan fingerprint density at radius 3 is 2.36 bits per heavy atom. The fourth-order valence-corrected chi connectivity index (χ4v) is 2.25. The molecule has 1 aliphatic rings. The van der Waals surface area contributed by atoms with E-state index in [9.17, 15) is 4.79 Å². The average Bonchev–Trinajstić information content (AvgIpc) is 2.54. The molecule has 0 saturated heterocycles. The smallest absolute Gasteiger partial charge is 0.306 e. The Balaban J connectivity index is 2.56. The Labute approximate surface area is 87.0 Å². The van der Waals surface area contributed by atoms with E-state index in [0.29, 0.717) is 12.3 Å². The molecule has 2 heteroatoms. The third-order valence-electron chi connectivity index (χ3n) is 3.27. The predicted molar refractivity (Wildman–Crippen MR) is 57.0 cm³/mol. The average molecular weight is 198 g/mol. The van der Waals surface area contributed by atoms with Crippen molar-refractivity contribution >= 4 is 5.97 Å². The van der Waals surface area contributed by atoms with Gasteiger partial charge >= 0.3 is 5.97 Å². The molecule has 0 aromatic rings. The second kappa shape index (κ2) is 4.81. The summed E-state index contributed by atoms with van der Waals surface area (Å²) in [6.45, 7) is 6.33. The number of hydrogen-bond acceptors (Lipinski definition) is 2. The molecule has 0 radical (unpaired) electrons. The second-order valence-corrected chi connectivity index (χ2v) is 4.65. The first-order valence-corrected chi connectivity index (χ1v) is 5.82. The molecule has 0 spiro atoms. The summed E-state index contributed by atoms with van der Waals surface area (Å²) in [5, 5.41) is 0. The van der Waals surface area contributed by atoms with Gasteiger partial charge in [-0.1, -0.05) is 20.8 Å². The predicted octanol–water partition coefficient (Wildman–Crippen LogP) is 3.30. The number of carbonyl (C=O) groups is 1. The minimum atomic E-state index is -0.133. The van der Waals surface area contributed by atoms with E-state index in [1.807, 2.05) is 6.92 Å². The van der Waals surface area contributed by atoms with Crippen molar-refractivity contribution in [2.45, 2.75) is 64.9 Å². The van der Waals surface area contributed by atoms with Crippen molar-refractivity contribution in [2.75, 3.05) is 0 Å². The molecule has 0 aliphatic heterocycles. The fraction of sp³-hybridized carbons (Fsp3) is 0.917. The normalized spacial score (nSPS) is 20.0. The van der Waals surface area contributed by atoms with E-state index in [1.165, 1.54) is 12.8 Å². The first-order valence-electron chi connectivity index (χ1n) is 5.82. The van der Waals surface area contributed by atoms with Gasteiger partial charge in [0.1, 0.15) is 5.60 Å². The molecule has 0 unspecified atom stereocenters. The van der Waals surface area contributed by atoms with Crippen molar-refractivity contribution in [2.24, 2.45) is 5.92 Å². The standard InChI is InChI=1S/C12H22O2/c1-4-7-11(13)14-12(10(2)3)8-5-6-9-12/h10H,4-9H2,1-3H3. The lowest BCUT2D eigenvalue weighted by Gasteiger charge is -2.33. The van der Waals surface area contributed by atoms with Crippen molar-refractivity contribution in [3.05, 3.63) is 0 Å². The molecule has 1 fully saturated rings. The van der Waals surface area contributed by atoms with Crippen LogP contribution in [-0.2, 0) is 9.53 Å². The molecule has 0 bridgehead atoms. The van der Waals surface area contributed by atoms with Crippen LogP contribution in [0.3, 0.4) is 0 Å². The SMILES string of the molecule is CCCC(=O)OC1(C(C)C)CCCC1. The quantitative estimate of drug-likeness (QED) is 0.648. The Hall–Kier alpha value is -0.530. The second-order valence-electron chi connectivity index (χ2n) is 4.65. The summed E-state index contributed by atoms with van der Waals surface area (Å²) < 4.78 is 5.66. The van der Waals surface area contributed by atoms with Crippen LogP contribution in [0.2, 0.25) is 0 Å². The van der Waals surface area contributed by atoms with Crippen LogP contribution in [0.5, 0.6) is 0 Å². The van der Waals surface area contributed by atoms with Crippen LogP contribution in [0, 0.1) is 5.92 Å². The molecule has 2 nitrogen and oxygen atoms in total. The van der Waals surface area contributed by atoms with E-state index in [4.69, 9.17) is 4.74 Å². The topological polar surface area (TPSA) is 26.3 Å². The minimum absolute atomic E-state index is 0.0110. The van der Waals surface area contributed by atoms with Gasteiger partial charge in [-0.3, -0.25) is 4.79 Å². The number of ether oxygens (including phenoxy) is 1. The first kappa shape index (κ1) is 11.5. The first-order chi connectivity index (χ1) is 6.60. The van der Waals surface area contributed by atoms with Gasteiger partial charge in [0.05, 0.1) is 0 Å². The molecule has 0 N–H and O–H groups in total. The molecule has 0 aromatic carbocycles. The van der Waals surface area contributed by atoms with Gasteiger partial charge in [0.2, 0.25) is 0 Å². The molecule has 0 atom stereocenters. The van der Waals surface area contributed by atoms with Crippen molar-refractivity contribution in [1.82, 2.24) is 0 Å². The molecule has 0 amide bonds. The number of esters is 1. The van der Waals surface area contributed by atoms with Crippen molar-refractivity contribution < 1.29 is 9.53 Å². The van der Waals surface area contributed by atoms with Gasteiger partial charge in [0, 0.05) is 6.42 Å². The van der Waals surface area contributed by atoms with E-state index in [1.54, 1.807) is 0 Å². The fourth-order valence-electron chi connectivity index (χ4n) is 2.25. The van der Waals surface area contributed by atoms with Crippen LogP contribution in [0.25, 0.3) is 0 Å². The maximum Gasteiger partial charge on any atom is 0.306 e. The molecule has 1 rings (SSSR count). The van der Waals surface area contributed by atoms with Gasteiger partial charge in [0.25, 0.3) is 0 Å². The lowest BCUT2D eigenvalue weighted by atomic mass is 9.88. The van der Waals surface area contributed by atoms with E-state index in [2.05, 4.69) is 13.8 Å². The van der Waals surface area contributed by atoms with Gasteiger partial charge in [-0.15, -0.1) is 0 Å². The zero-order chi connectivity index (χ0) is 10.6. The van der Waals surface area contributed by atoms with Gasteiger partial charge in [-0.05, 0) is 38.0 Å². The van der Waals surface area contributed by atoms with Gasteiger partial charge < -0.3 is 4.74 Å². The molecule has 1 aliphatic carbocycles. The zero-order valence-electron chi connectivity index (χ0n) is 9.64. The van der Waals surface area contributed by atoms with Crippen LogP contribution >= 0.6 is 0 Å². The Morgan fingerprint density at radius 1 is 1.36 bits per heavy atom. The number of hydrogen-bond donors (Lipinski definition) is 0. The highest BCUT2D eigenvalue weighted by Crippen LogP contribution is 2.39. The van der Waals surface area contributed by atoms with Crippen molar-refractivity contribution in [1.29, 1.82) is 0 Å². The van der Waals surface area contributed by atoms with Gasteiger partial charge in [-0.25, -0.2) is 0 Å².